The van der Waals surface area contributed by atoms with Crippen LogP contribution in [0.5, 0.6) is 0 Å². The van der Waals surface area contributed by atoms with Crippen LogP contribution in [0.4, 0.5) is 5.69 Å². The van der Waals surface area contributed by atoms with Crippen molar-refractivity contribution >= 4 is 33.2 Å². The Labute approximate surface area is 160 Å². The van der Waals surface area contributed by atoms with E-state index in [4.69, 9.17) is 10.5 Å². The van der Waals surface area contributed by atoms with Crippen LogP contribution in [0.3, 0.4) is 0 Å². The number of thiophene rings is 1. The molecule has 0 spiro atoms. The molecule has 0 aliphatic rings. The number of nitrogens with two attached hydrogens (primary N) is 1. The monoisotopic (exact) mass is 392 g/mol. The van der Waals surface area contributed by atoms with Crippen LogP contribution in [-0.2, 0) is 21.8 Å². The number of aromatic nitrogens is 1. The first-order valence-corrected chi connectivity index (χ1v) is 8.18. The molecule has 4 rings (SSSR count). The van der Waals surface area contributed by atoms with Crippen molar-refractivity contribution in [1.82, 2.24) is 4.98 Å². The second-order valence-corrected chi connectivity index (χ2v) is 6.02. The number of carbonyl (C=O) groups is 1. The first-order valence-electron chi connectivity index (χ1n) is 7.37. The number of hydrogen-bond donors (Lipinski definition) is 1. The van der Waals surface area contributed by atoms with Crippen LogP contribution in [0.15, 0.2) is 66.7 Å². The van der Waals surface area contributed by atoms with Gasteiger partial charge in [0, 0.05) is 22.5 Å². The van der Waals surface area contributed by atoms with Crippen molar-refractivity contribution in [2.45, 2.75) is 0 Å². The van der Waals surface area contributed by atoms with Gasteiger partial charge in [0.25, 0.3) is 0 Å². The van der Waals surface area contributed by atoms with Crippen LogP contribution in [0, 0.1) is 0 Å². The maximum atomic E-state index is 11.6. The third-order valence-electron chi connectivity index (χ3n) is 3.48. The third-order valence-corrected chi connectivity index (χ3v) is 4.57. The van der Waals surface area contributed by atoms with Gasteiger partial charge in [0.1, 0.15) is 4.88 Å². The first-order chi connectivity index (χ1) is 11.7. The van der Waals surface area contributed by atoms with Crippen molar-refractivity contribution in [2.24, 2.45) is 0 Å². The van der Waals surface area contributed by atoms with E-state index >= 15 is 0 Å². The summed E-state index contributed by atoms with van der Waals surface area (Å²) in [4.78, 5) is 17.3. The van der Waals surface area contributed by atoms with E-state index in [-0.39, 0.29) is 17.1 Å². The minimum absolute atomic E-state index is 0. The van der Waals surface area contributed by atoms with Gasteiger partial charge in [0.15, 0.2) is 0 Å². The van der Waals surface area contributed by atoms with Crippen LogP contribution in [-0.4, -0.2) is 18.1 Å². The van der Waals surface area contributed by atoms with E-state index < -0.39 is 5.97 Å². The molecule has 4 aromatic rings. The average molecular weight is 392 g/mol. The van der Waals surface area contributed by atoms with Crippen molar-refractivity contribution in [1.29, 1.82) is 0 Å². The Morgan fingerprint density at radius 1 is 1.24 bits per heavy atom. The Hall–Kier alpha value is -2.40. The third kappa shape index (κ3) is 4.17. The number of hydrogen-bond acceptors (Lipinski definition) is 5. The molecule has 0 unspecified atom stereocenters. The van der Waals surface area contributed by atoms with Crippen LogP contribution in [0.1, 0.15) is 9.67 Å². The number of nitrogen functional groups attached to an aromatic ring is 1. The fourth-order valence-corrected chi connectivity index (χ4v) is 3.28. The van der Waals surface area contributed by atoms with Gasteiger partial charge < -0.3 is 57.0 Å². The Bertz CT molecular complexity index is 911. The maximum Gasteiger partial charge on any atom is 0.350 e. The van der Waals surface area contributed by atoms with Crippen LogP contribution in [0.25, 0.3) is 21.5 Å². The van der Waals surface area contributed by atoms with Gasteiger partial charge in [-0.15, -0.1) is 11.3 Å². The topological polar surface area (TPSA) is 65.2 Å². The molecule has 4 nitrogen and oxygen atoms in total. The number of fused-ring (bicyclic) bond motifs is 1. The van der Waals surface area contributed by atoms with E-state index in [1.54, 1.807) is 0 Å². The Balaban J connectivity index is 0.000000325. The van der Waals surface area contributed by atoms with Gasteiger partial charge in [0.05, 0.1) is 17.6 Å². The number of carbonyl (C=O) groups excluding carboxylic acids is 1. The van der Waals surface area contributed by atoms with Gasteiger partial charge in [-0.3, -0.25) is 0 Å². The second-order valence-electron chi connectivity index (χ2n) is 5.02. The number of anilines is 1. The van der Waals surface area contributed by atoms with E-state index in [0.29, 0.717) is 10.6 Å². The summed E-state index contributed by atoms with van der Waals surface area (Å²) in [6, 6.07) is 21.7. The summed E-state index contributed by atoms with van der Waals surface area (Å²) in [5, 5.41) is 0.792. The summed E-state index contributed by atoms with van der Waals surface area (Å²) in [6.07, 6.45) is 0. The average Bonchev–Trinajstić information content (AvgIpc) is 3.37. The molecule has 2 aromatic carbocycles. The van der Waals surface area contributed by atoms with Crippen molar-refractivity contribution in [3.05, 3.63) is 71.6 Å². The van der Waals surface area contributed by atoms with E-state index in [2.05, 4.69) is 4.98 Å². The second kappa shape index (κ2) is 8.62. The molecule has 0 saturated carbocycles. The van der Waals surface area contributed by atoms with Gasteiger partial charge in [0.2, 0.25) is 0 Å². The largest absolute Gasteiger partial charge is 0.664 e. The van der Waals surface area contributed by atoms with E-state index in [1.807, 2.05) is 66.7 Å². The molecule has 0 amide bonds. The normalized spacial score (nSPS) is 9.80. The Morgan fingerprint density at radius 2 is 1.92 bits per heavy atom. The molecular weight excluding hydrogens is 376 g/mol. The predicted octanol–water partition coefficient (Wildman–Crippen LogP) is 4.45. The standard InChI is InChI=1S/C14H11N2O2S.C5H5.Fe/c1-18-14(17)12-11(15)9-6-7-10(16-13(9)19-12)8-4-2-3-5-8;1-2-4-5-3-1;/h2-7H,15H2,1H3;1-5H;/q-5;-1;. The van der Waals surface area contributed by atoms with Crippen LogP contribution in [0.2, 0.25) is 0 Å². The van der Waals surface area contributed by atoms with Crippen LogP contribution >= 0.6 is 11.3 Å². The van der Waals surface area contributed by atoms with Crippen LogP contribution < -0.4 is 5.73 Å². The van der Waals surface area contributed by atoms with Crippen molar-refractivity contribution in [3.8, 4) is 11.3 Å². The summed E-state index contributed by atoms with van der Waals surface area (Å²) >= 11 is 1.26. The predicted molar refractivity (Wildman–Crippen MR) is 98.4 cm³/mol. The molecule has 2 N–H and O–H groups in total. The molecule has 6 heteroatoms. The summed E-state index contributed by atoms with van der Waals surface area (Å²) in [7, 11) is 1.34. The minimum Gasteiger partial charge on any atom is -0.664 e. The Morgan fingerprint density at radius 3 is 2.48 bits per heavy atom. The zero-order chi connectivity index (χ0) is 16.9. The molecule has 0 aliphatic carbocycles. The molecule has 0 atom stereocenters. The molecule has 25 heavy (non-hydrogen) atoms. The SMILES string of the molecule is COC(=O)c1sc2nc(-[c-]3[cH-][cH-][cH-][cH-]3)ccc2c1N.[Fe].c1cc[cH-]c1. The summed E-state index contributed by atoms with van der Waals surface area (Å²) < 4.78 is 4.71. The van der Waals surface area contributed by atoms with Crippen molar-refractivity contribution < 1.29 is 26.6 Å². The molecule has 0 aliphatic heterocycles. The van der Waals surface area contributed by atoms with E-state index in [9.17, 15) is 4.79 Å². The molecule has 0 bridgehead atoms. The minimum atomic E-state index is -0.421. The molecule has 2 heterocycles. The number of nitrogens with zero attached hydrogens (tertiary/aromatic N) is 1. The van der Waals surface area contributed by atoms with Gasteiger partial charge in [-0.1, -0.05) is 0 Å². The molecule has 0 fully saturated rings. The van der Waals surface area contributed by atoms with Gasteiger partial charge in [-0.2, -0.15) is 24.3 Å². The quantitative estimate of drug-likeness (QED) is 0.311. The fourth-order valence-electron chi connectivity index (χ4n) is 2.27. The fraction of sp³-hybridized carbons (Fsp3) is 0.0526. The molecular formula is C19H16FeN2O2S-6. The molecule has 134 valence electrons. The zero-order valence-corrected chi connectivity index (χ0v) is 15.4. The first kappa shape index (κ1) is 18.9. The van der Waals surface area contributed by atoms with Gasteiger partial charge >= 0.3 is 5.97 Å². The van der Waals surface area contributed by atoms with Gasteiger partial charge in [-0.25, -0.2) is 16.9 Å². The molecule has 2 aromatic heterocycles. The molecule has 0 saturated heterocycles. The summed E-state index contributed by atoms with van der Waals surface area (Å²) in [6.45, 7) is 0. The van der Waals surface area contributed by atoms with E-state index in [1.165, 1.54) is 18.4 Å². The smallest absolute Gasteiger partial charge is 0.350 e. The summed E-state index contributed by atoms with van der Waals surface area (Å²) in [5.74, 6) is -0.421. The number of pyridine rings is 1. The maximum absolute atomic E-state index is 11.6. The van der Waals surface area contributed by atoms with Crippen molar-refractivity contribution in [2.75, 3.05) is 12.8 Å². The van der Waals surface area contributed by atoms with Gasteiger partial charge in [-0.05, 0) is 0 Å². The number of esters is 1. The zero-order valence-electron chi connectivity index (χ0n) is 13.5. The molecule has 0 radical (unpaired) electrons. The number of methoxy groups -OCH3 is 1. The number of ether oxygens (including phenoxy) is 1. The van der Waals surface area contributed by atoms with E-state index in [0.717, 1.165) is 21.5 Å². The van der Waals surface area contributed by atoms with Crippen molar-refractivity contribution in [3.63, 3.8) is 0 Å². The number of rotatable bonds is 2. The Kier molecular flexibility index (Phi) is 6.53. The summed E-state index contributed by atoms with van der Waals surface area (Å²) in [5.41, 5.74) is 8.31.